The summed E-state index contributed by atoms with van der Waals surface area (Å²) < 4.78 is 27.0. The zero-order valence-corrected chi connectivity index (χ0v) is 12.8. The summed E-state index contributed by atoms with van der Waals surface area (Å²) in [5.74, 6) is 0.244. The summed E-state index contributed by atoms with van der Waals surface area (Å²) in [4.78, 5) is 0.157. The van der Waals surface area contributed by atoms with E-state index in [0.29, 0.717) is 19.6 Å². The first-order chi connectivity index (χ1) is 8.45. The Labute approximate surface area is 120 Å². The van der Waals surface area contributed by atoms with Crippen LogP contribution >= 0.6 is 27.5 Å². The van der Waals surface area contributed by atoms with Gasteiger partial charge in [0.1, 0.15) is 4.90 Å². The Balaban J connectivity index is 2.31. The van der Waals surface area contributed by atoms with Crippen LogP contribution < -0.4 is 5.73 Å². The topological polar surface area (TPSA) is 63.4 Å². The first-order valence-electron chi connectivity index (χ1n) is 5.60. The van der Waals surface area contributed by atoms with Gasteiger partial charge in [0, 0.05) is 17.6 Å². The van der Waals surface area contributed by atoms with E-state index in [1.807, 2.05) is 0 Å². The van der Waals surface area contributed by atoms with Crippen molar-refractivity contribution in [1.82, 2.24) is 4.31 Å². The number of rotatable bonds is 3. The molecule has 0 amide bonds. The lowest BCUT2D eigenvalue weighted by atomic mass is 10.1. The summed E-state index contributed by atoms with van der Waals surface area (Å²) in [6.07, 6.45) is 0.809. The lowest BCUT2D eigenvalue weighted by Gasteiger charge is -2.17. The number of hydrogen-bond acceptors (Lipinski definition) is 3. The number of nitrogens with two attached hydrogens (primary N) is 1. The molecule has 0 bridgehead atoms. The SMILES string of the molecule is NCC1CCN(S(=O)(=O)c2ccc(Br)cc2Cl)C1. The molecular weight excluding hydrogens is 340 g/mol. The monoisotopic (exact) mass is 352 g/mol. The molecular formula is C11H14BrClN2O2S. The predicted octanol–water partition coefficient (Wildman–Crippen LogP) is 2.07. The van der Waals surface area contributed by atoms with Gasteiger partial charge < -0.3 is 5.73 Å². The van der Waals surface area contributed by atoms with Gasteiger partial charge >= 0.3 is 0 Å². The normalized spacial score (nSPS) is 21.4. The van der Waals surface area contributed by atoms with E-state index >= 15 is 0 Å². The summed E-state index contributed by atoms with van der Waals surface area (Å²) >= 11 is 9.26. The molecule has 1 fully saturated rings. The van der Waals surface area contributed by atoms with E-state index in [4.69, 9.17) is 17.3 Å². The van der Waals surface area contributed by atoms with E-state index in [1.165, 1.54) is 10.4 Å². The number of benzene rings is 1. The van der Waals surface area contributed by atoms with Gasteiger partial charge in [-0.1, -0.05) is 27.5 Å². The van der Waals surface area contributed by atoms with Crippen molar-refractivity contribution in [2.24, 2.45) is 11.7 Å². The molecule has 0 saturated carbocycles. The fourth-order valence-electron chi connectivity index (χ4n) is 2.03. The molecule has 1 saturated heterocycles. The highest BCUT2D eigenvalue weighted by molar-refractivity contribution is 9.10. The largest absolute Gasteiger partial charge is 0.330 e. The quantitative estimate of drug-likeness (QED) is 0.905. The molecule has 100 valence electrons. The highest BCUT2D eigenvalue weighted by atomic mass is 79.9. The van der Waals surface area contributed by atoms with Crippen LogP contribution in [-0.2, 0) is 10.0 Å². The van der Waals surface area contributed by atoms with E-state index in [9.17, 15) is 8.42 Å². The average molecular weight is 354 g/mol. The third-order valence-corrected chi connectivity index (χ3v) is 5.93. The molecule has 1 atom stereocenters. The standard InChI is InChI=1S/C11H14BrClN2O2S/c12-9-1-2-11(10(13)5-9)18(16,17)15-4-3-8(6-14)7-15/h1-2,5,8H,3-4,6-7,14H2. The second-order valence-electron chi connectivity index (χ2n) is 4.33. The van der Waals surface area contributed by atoms with E-state index in [-0.39, 0.29) is 15.8 Å². The van der Waals surface area contributed by atoms with Crippen LogP contribution in [0.2, 0.25) is 5.02 Å². The van der Waals surface area contributed by atoms with Gasteiger partial charge in [0.15, 0.2) is 0 Å². The van der Waals surface area contributed by atoms with Gasteiger partial charge in [-0.2, -0.15) is 4.31 Å². The second kappa shape index (κ2) is 5.46. The smallest absolute Gasteiger partial charge is 0.244 e. The van der Waals surface area contributed by atoms with Crippen LogP contribution in [0.25, 0.3) is 0 Å². The molecule has 18 heavy (non-hydrogen) atoms. The zero-order chi connectivity index (χ0) is 13.3. The van der Waals surface area contributed by atoms with Gasteiger partial charge in [0.05, 0.1) is 5.02 Å². The fraction of sp³-hybridized carbons (Fsp3) is 0.455. The van der Waals surface area contributed by atoms with Crippen molar-refractivity contribution in [2.75, 3.05) is 19.6 Å². The maximum Gasteiger partial charge on any atom is 0.244 e. The van der Waals surface area contributed by atoms with Crippen molar-refractivity contribution >= 4 is 37.6 Å². The Hall–Kier alpha value is -0.140. The molecule has 2 rings (SSSR count). The molecule has 7 heteroatoms. The first-order valence-corrected chi connectivity index (χ1v) is 8.21. The highest BCUT2D eigenvalue weighted by Gasteiger charge is 2.33. The van der Waals surface area contributed by atoms with E-state index in [0.717, 1.165) is 10.9 Å². The lowest BCUT2D eigenvalue weighted by molar-refractivity contribution is 0.459. The van der Waals surface area contributed by atoms with Crippen LogP contribution in [-0.4, -0.2) is 32.4 Å². The first kappa shape index (κ1) is 14.3. The van der Waals surface area contributed by atoms with Gasteiger partial charge in [0.2, 0.25) is 10.0 Å². The number of halogens is 2. The maximum absolute atomic E-state index is 12.4. The number of sulfonamides is 1. The third kappa shape index (κ3) is 2.72. The van der Waals surface area contributed by atoms with Crippen molar-refractivity contribution in [3.05, 3.63) is 27.7 Å². The molecule has 2 N–H and O–H groups in total. The lowest BCUT2D eigenvalue weighted by Crippen LogP contribution is -2.30. The summed E-state index contributed by atoms with van der Waals surface area (Å²) in [7, 11) is -3.50. The minimum absolute atomic E-state index is 0.157. The Morgan fingerprint density at radius 2 is 2.22 bits per heavy atom. The van der Waals surface area contributed by atoms with Crippen molar-refractivity contribution in [2.45, 2.75) is 11.3 Å². The summed E-state index contributed by atoms with van der Waals surface area (Å²) in [6, 6.07) is 4.79. The van der Waals surface area contributed by atoms with Crippen LogP contribution in [0.5, 0.6) is 0 Å². The van der Waals surface area contributed by atoms with Crippen LogP contribution in [0.4, 0.5) is 0 Å². The predicted molar refractivity (Wildman–Crippen MR) is 75.1 cm³/mol. The molecule has 1 aliphatic heterocycles. The molecule has 0 spiro atoms. The Morgan fingerprint density at radius 3 is 2.78 bits per heavy atom. The van der Waals surface area contributed by atoms with Crippen molar-refractivity contribution in [1.29, 1.82) is 0 Å². The Bertz CT molecular complexity index is 550. The Morgan fingerprint density at radius 1 is 1.50 bits per heavy atom. The summed E-state index contributed by atoms with van der Waals surface area (Å²) in [5, 5.41) is 0.237. The molecule has 4 nitrogen and oxygen atoms in total. The molecule has 1 unspecified atom stereocenters. The summed E-state index contributed by atoms with van der Waals surface area (Å²) in [6.45, 7) is 1.50. The minimum atomic E-state index is -3.50. The van der Waals surface area contributed by atoms with Gasteiger partial charge in [-0.05, 0) is 37.1 Å². The molecule has 0 radical (unpaired) electrons. The van der Waals surface area contributed by atoms with Gasteiger partial charge in [-0.15, -0.1) is 0 Å². The van der Waals surface area contributed by atoms with E-state index in [1.54, 1.807) is 12.1 Å². The van der Waals surface area contributed by atoms with Crippen LogP contribution in [0.15, 0.2) is 27.6 Å². The van der Waals surface area contributed by atoms with Gasteiger partial charge in [-0.25, -0.2) is 8.42 Å². The molecule has 0 aliphatic carbocycles. The van der Waals surface area contributed by atoms with Crippen molar-refractivity contribution < 1.29 is 8.42 Å². The van der Waals surface area contributed by atoms with Gasteiger partial charge in [-0.3, -0.25) is 0 Å². The van der Waals surface area contributed by atoms with Crippen molar-refractivity contribution in [3.8, 4) is 0 Å². The molecule has 1 aromatic carbocycles. The number of nitrogens with zero attached hydrogens (tertiary/aromatic N) is 1. The fourth-order valence-corrected chi connectivity index (χ4v) is 4.57. The van der Waals surface area contributed by atoms with Crippen molar-refractivity contribution in [3.63, 3.8) is 0 Å². The second-order valence-corrected chi connectivity index (χ2v) is 7.56. The highest BCUT2D eigenvalue weighted by Crippen LogP contribution is 2.30. The third-order valence-electron chi connectivity index (χ3n) is 3.09. The average Bonchev–Trinajstić information content (AvgIpc) is 2.77. The van der Waals surface area contributed by atoms with E-state index in [2.05, 4.69) is 15.9 Å². The van der Waals surface area contributed by atoms with E-state index < -0.39 is 10.0 Å². The minimum Gasteiger partial charge on any atom is -0.330 e. The van der Waals surface area contributed by atoms with Crippen LogP contribution in [0, 0.1) is 5.92 Å². The zero-order valence-electron chi connectivity index (χ0n) is 9.64. The number of hydrogen-bond donors (Lipinski definition) is 1. The van der Waals surface area contributed by atoms with Gasteiger partial charge in [0.25, 0.3) is 0 Å². The Kier molecular flexibility index (Phi) is 4.33. The maximum atomic E-state index is 12.4. The van der Waals surface area contributed by atoms with Crippen LogP contribution in [0.3, 0.4) is 0 Å². The molecule has 1 heterocycles. The van der Waals surface area contributed by atoms with Crippen LogP contribution in [0.1, 0.15) is 6.42 Å². The molecule has 0 aromatic heterocycles. The molecule has 1 aliphatic rings. The summed E-state index contributed by atoms with van der Waals surface area (Å²) in [5.41, 5.74) is 5.57. The molecule has 1 aromatic rings.